The Kier molecular flexibility index (Phi) is 1.96. The first kappa shape index (κ1) is 8.08. The van der Waals surface area contributed by atoms with Crippen LogP contribution in [0.3, 0.4) is 0 Å². The van der Waals surface area contributed by atoms with E-state index in [1.54, 1.807) is 6.42 Å². The summed E-state index contributed by atoms with van der Waals surface area (Å²) in [5, 5.41) is 0. The van der Waals surface area contributed by atoms with Crippen molar-refractivity contribution in [1.29, 1.82) is 0 Å². The molecule has 0 aromatic rings. The van der Waals surface area contributed by atoms with Gasteiger partial charge in [0.1, 0.15) is 0 Å². The molecule has 0 aliphatic heterocycles. The zero-order valence-electron chi connectivity index (χ0n) is 8.41. The van der Waals surface area contributed by atoms with E-state index in [4.69, 9.17) is 0 Å². The molecule has 3 rings (SSSR count). The zero-order chi connectivity index (χ0) is 8.67. The second-order valence-electron chi connectivity index (χ2n) is 5.21. The highest BCUT2D eigenvalue weighted by atomic mass is 14.5. The molecule has 2 saturated carbocycles. The lowest BCUT2D eigenvalue weighted by molar-refractivity contribution is -0.00667. The van der Waals surface area contributed by atoms with Gasteiger partial charge < -0.3 is 0 Å². The molecular weight excluding hydrogens is 156 g/mol. The molecule has 0 aromatic carbocycles. The van der Waals surface area contributed by atoms with Crippen LogP contribution in [0.15, 0.2) is 12.2 Å². The van der Waals surface area contributed by atoms with E-state index >= 15 is 0 Å². The van der Waals surface area contributed by atoms with Crippen molar-refractivity contribution in [2.24, 2.45) is 23.7 Å². The van der Waals surface area contributed by atoms with Crippen LogP contribution in [0.4, 0.5) is 0 Å². The van der Waals surface area contributed by atoms with Gasteiger partial charge in [0.2, 0.25) is 0 Å². The topological polar surface area (TPSA) is 0 Å². The molecule has 72 valence electrons. The number of hydrogen-bond donors (Lipinski definition) is 0. The second kappa shape index (κ2) is 3.15. The Morgan fingerprint density at radius 3 is 2.46 bits per heavy atom. The van der Waals surface area contributed by atoms with Crippen LogP contribution >= 0.6 is 0 Å². The van der Waals surface area contributed by atoms with E-state index in [2.05, 4.69) is 12.2 Å². The van der Waals surface area contributed by atoms with Crippen molar-refractivity contribution >= 4 is 0 Å². The minimum Gasteiger partial charge on any atom is -0.0882 e. The summed E-state index contributed by atoms with van der Waals surface area (Å²) in [5.41, 5.74) is 0. The van der Waals surface area contributed by atoms with Gasteiger partial charge in [0, 0.05) is 0 Å². The van der Waals surface area contributed by atoms with Crippen molar-refractivity contribution in [1.82, 2.24) is 0 Å². The Hall–Kier alpha value is -0.260. The molecule has 0 nitrogen and oxygen atoms in total. The lowest BCUT2D eigenvalue weighted by Crippen LogP contribution is -2.46. The molecule has 3 aliphatic carbocycles. The van der Waals surface area contributed by atoms with Crippen LogP contribution in [0.5, 0.6) is 0 Å². The SMILES string of the molecule is C1=C[C@@H]2C3CCCCCC3[C@@H]2CC1. The Labute approximate surface area is 81.4 Å². The lowest BCUT2D eigenvalue weighted by atomic mass is 9.52. The molecule has 3 aliphatic rings. The Bertz CT molecular complexity index is 216. The summed E-state index contributed by atoms with van der Waals surface area (Å²) in [6, 6.07) is 0. The van der Waals surface area contributed by atoms with Crippen LogP contribution in [0.2, 0.25) is 0 Å². The molecule has 0 saturated heterocycles. The van der Waals surface area contributed by atoms with Gasteiger partial charge in [0.25, 0.3) is 0 Å². The summed E-state index contributed by atoms with van der Waals surface area (Å²) < 4.78 is 0. The summed E-state index contributed by atoms with van der Waals surface area (Å²) in [6.07, 6.45) is 15.5. The van der Waals surface area contributed by atoms with E-state index in [1.165, 1.54) is 38.5 Å². The van der Waals surface area contributed by atoms with Crippen LogP contribution in [-0.4, -0.2) is 0 Å². The predicted octanol–water partition coefficient (Wildman–Crippen LogP) is 3.78. The van der Waals surface area contributed by atoms with E-state index in [1.807, 2.05) is 0 Å². The van der Waals surface area contributed by atoms with Crippen molar-refractivity contribution < 1.29 is 0 Å². The normalized spacial score (nSPS) is 48.6. The van der Waals surface area contributed by atoms with Crippen LogP contribution in [0.25, 0.3) is 0 Å². The van der Waals surface area contributed by atoms with Gasteiger partial charge in [-0.3, -0.25) is 0 Å². The van der Waals surface area contributed by atoms with Crippen molar-refractivity contribution in [2.45, 2.75) is 44.9 Å². The molecule has 0 amide bonds. The molecule has 2 fully saturated rings. The smallest absolute Gasteiger partial charge is 0.0171 e. The lowest BCUT2D eigenvalue weighted by Gasteiger charge is -2.52. The average molecular weight is 176 g/mol. The standard InChI is InChI=1S/C13H20/c1-2-6-10-11(7-3-1)13-9-5-4-8-12(10)13/h4,8,10-13H,1-3,5-7,9H2/t10?,11?,12-,13+/m1/s1. The first-order valence-corrected chi connectivity index (χ1v) is 6.13. The fourth-order valence-electron chi connectivity index (χ4n) is 4.07. The summed E-state index contributed by atoms with van der Waals surface area (Å²) in [4.78, 5) is 0. The molecule has 0 aromatic heterocycles. The first-order chi connectivity index (χ1) is 6.47. The van der Waals surface area contributed by atoms with E-state index < -0.39 is 0 Å². The largest absolute Gasteiger partial charge is 0.0882 e. The van der Waals surface area contributed by atoms with Crippen LogP contribution in [-0.2, 0) is 0 Å². The van der Waals surface area contributed by atoms with Gasteiger partial charge in [-0.2, -0.15) is 0 Å². The minimum atomic E-state index is 1.01. The number of fused-ring (bicyclic) bond motifs is 4. The predicted molar refractivity (Wildman–Crippen MR) is 55.4 cm³/mol. The fraction of sp³-hybridized carbons (Fsp3) is 0.846. The van der Waals surface area contributed by atoms with Crippen LogP contribution in [0, 0.1) is 23.7 Å². The maximum atomic E-state index is 2.54. The third-order valence-corrected chi connectivity index (χ3v) is 4.69. The molecule has 0 heteroatoms. The number of hydrogen-bond acceptors (Lipinski definition) is 0. The van der Waals surface area contributed by atoms with Crippen molar-refractivity contribution in [3.8, 4) is 0 Å². The Morgan fingerprint density at radius 2 is 1.54 bits per heavy atom. The highest BCUT2D eigenvalue weighted by Gasteiger charge is 2.48. The van der Waals surface area contributed by atoms with Gasteiger partial charge in [0.15, 0.2) is 0 Å². The van der Waals surface area contributed by atoms with E-state index in [0.29, 0.717) is 0 Å². The van der Waals surface area contributed by atoms with Gasteiger partial charge in [-0.1, -0.05) is 31.4 Å². The molecule has 0 spiro atoms. The summed E-state index contributed by atoms with van der Waals surface area (Å²) in [7, 11) is 0. The molecule has 0 N–H and O–H groups in total. The molecule has 13 heavy (non-hydrogen) atoms. The Balaban J connectivity index is 1.77. The van der Waals surface area contributed by atoms with E-state index in [9.17, 15) is 0 Å². The molecule has 0 radical (unpaired) electrons. The molecular formula is C13H20. The minimum absolute atomic E-state index is 1.01. The Morgan fingerprint density at radius 1 is 0.769 bits per heavy atom. The molecule has 2 unspecified atom stereocenters. The third kappa shape index (κ3) is 1.18. The summed E-state index contributed by atoms with van der Waals surface area (Å²) in [6.45, 7) is 0. The maximum absolute atomic E-state index is 2.54. The summed E-state index contributed by atoms with van der Waals surface area (Å²) in [5.74, 6) is 4.35. The van der Waals surface area contributed by atoms with Crippen molar-refractivity contribution in [3.05, 3.63) is 12.2 Å². The van der Waals surface area contributed by atoms with Crippen LogP contribution < -0.4 is 0 Å². The van der Waals surface area contributed by atoms with Gasteiger partial charge in [-0.15, -0.1) is 0 Å². The van der Waals surface area contributed by atoms with Gasteiger partial charge in [0.05, 0.1) is 0 Å². The zero-order valence-corrected chi connectivity index (χ0v) is 8.41. The van der Waals surface area contributed by atoms with E-state index in [0.717, 1.165) is 23.7 Å². The molecule has 0 bridgehead atoms. The average Bonchev–Trinajstić information content (AvgIpc) is 2.37. The second-order valence-corrected chi connectivity index (χ2v) is 5.21. The first-order valence-electron chi connectivity index (χ1n) is 6.13. The van der Waals surface area contributed by atoms with Gasteiger partial charge in [-0.25, -0.2) is 0 Å². The monoisotopic (exact) mass is 176 g/mol. The van der Waals surface area contributed by atoms with Crippen molar-refractivity contribution in [2.75, 3.05) is 0 Å². The molecule has 4 atom stereocenters. The van der Waals surface area contributed by atoms with E-state index in [-0.39, 0.29) is 0 Å². The summed E-state index contributed by atoms with van der Waals surface area (Å²) >= 11 is 0. The molecule has 0 heterocycles. The highest BCUT2D eigenvalue weighted by Crippen LogP contribution is 2.56. The van der Waals surface area contributed by atoms with Crippen molar-refractivity contribution in [3.63, 3.8) is 0 Å². The number of allylic oxidation sites excluding steroid dienone is 2. The third-order valence-electron chi connectivity index (χ3n) is 4.69. The maximum Gasteiger partial charge on any atom is -0.0171 e. The number of rotatable bonds is 0. The fourth-order valence-corrected chi connectivity index (χ4v) is 4.07. The quantitative estimate of drug-likeness (QED) is 0.493. The van der Waals surface area contributed by atoms with Crippen LogP contribution in [0.1, 0.15) is 44.9 Å². The highest BCUT2D eigenvalue weighted by molar-refractivity contribution is 5.10. The van der Waals surface area contributed by atoms with Gasteiger partial charge >= 0.3 is 0 Å². The van der Waals surface area contributed by atoms with Gasteiger partial charge in [-0.05, 0) is 49.4 Å².